The lowest BCUT2D eigenvalue weighted by Gasteiger charge is -2.02. The first kappa shape index (κ1) is 9.83. The van der Waals surface area contributed by atoms with Gasteiger partial charge in [-0.25, -0.2) is 8.78 Å². The molecule has 6 heteroatoms. The Bertz CT molecular complexity index is 702. The van der Waals surface area contributed by atoms with Gasteiger partial charge in [-0.1, -0.05) is 5.16 Å². The van der Waals surface area contributed by atoms with Gasteiger partial charge in [0.15, 0.2) is 17.4 Å². The molecule has 3 N–H and O–H groups in total. The molecule has 1 aromatic carbocycles. The molecule has 0 bridgehead atoms. The van der Waals surface area contributed by atoms with E-state index in [1.54, 1.807) is 6.07 Å². The fraction of sp³-hybridized carbons (Fsp3) is 0. The van der Waals surface area contributed by atoms with Gasteiger partial charge in [0.05, 0.1) is 11.1 Å². The van der Waals surface area contributed by atoms with Gasteiger partial charge in [0.1, 0.15) is 5.82 Å². The zero-order valence-electron chi connectivity index (χ0n) is 8.50. The van der Waals surface area contributed by atoms with Crippen molar-refractivity contribution in [2.45, 2.75) is 0 Å². The molecule has 0 aliphatic rings. The molecule has 0 amide bonds. The van der Waals surface area contributed by atoms with Crippen molar-refractivity contribution >= 4 is 16.7 Å². The summed E-state index contributed by atoms with van der Waals surface area (Å²) < 4.78 is 32.6. The van der Waals surface area contributed by atoms with Crippen LogP contribution in [0.15, 0.2) is 28.9 Å². The number of halogens is 2. The number of nitrogens with zero attached hydrogens (tertiary/aromatic N) is 1. The number of anilines is 1. The standard InChI is InChI=1S/C11H7F2N3O/c12-6-3-5-1-2-15-11(5)10(13)9(6)7-4-8(14)16-17-7/h1-4,15H,(H2,14,16). The van der Waals surface area contributed by atoms with Crippen LogP contribution >= 0.6 is 0 Å². The van der Waals surface area contributed by atoms with E-state index >= 15 is 0 Å². The van der Waals surface area contributed by atoms with Crippen molar-refractivity contribution in [1.29, 1.82) is 0 Å². The monoisotopic (exact) mass is 235 g/mol. The lowest BCUT2D eigenvalue weighted by molar-refractivity contribution is 0.430. The molecule has 0 unspecified atom stereocenters. The number of hydrogen-bond acceptors (Lipinski definition) is 3. The largest absolute Gasteiger partial charge is 0.381 e. The Morgan fingerprint density at radius 1 is 1.29 bits per heavy atom. The molecule has 0 saturated carbocycles. The van der Waals surface area contributed by atoms with Gasteiger partial charge in [-0.2, -0.15) is 0 Å². The van der Waals surface area contributed by atoms with Gasteiger partial charge in [-0.05, 0) is 12.1 Å². The highest BCUT2D eigenvalue weighted by Gasteiger charge is 2.19. The zero-order valence-corrected chi connectivity index (χ0v) is 8.50. The van der Waals surface area contributed by atoms with Gasteiger partial charge in [-0.3, -0.25) is 0 Å². The summed E-state index contributed by atoms with van der Waals surface area (Å²) in [7, 11) is 0. The Kier molecular flexibility index (Phi) is 1.91. The van der Waals surface area contributed by atoms with Crippen molar-refractivity contribution in [3.05, 3.63) is 36.0 Å². The third-order valence-electron chi connectivity index (χ3n) is 2.51. The fourth-order valence-electron chi connectivity index (χ4n) is 1.76. The summed E-state index contributed by atoms with van der Waals surface area (Å²) >= 11 is 0. The van der Waals surface area contributed by atoms with Crippen LogP contribution in [0.4, 0.5) is 14.6 Å². The molecule has 0 atom stereocenters. The van der Waals surface area contributed by atoms with E-state index in [0.717, 1.165) is 0 Å². The summed E-state index contributed by atoms with van der Waals surface area (Å²) in [6.07, 6.45) is 1.53. The molecule has 0 aliphatic heterocycles. The second kappa shape index (κ2) is 3.31. The molecule has 0 saturated heterocycles. The first-order valence-electron chi connectivity index (χ1n) is 4.84. The SMILES string of the molecule is Nc1cc(-c2c(F)cc3cc[nH]c3c2F)on1. The number of nitrogens with one attached hydrogen (secondary N) is 1. The Hall–Kier alpha value is -2.37. The molecule has 3 rings (SSSR count). The van der Waals surface area contributed by atoms with Gasteiger partial charge in [0.2, 0.25) is 0 Å². The minimum Gasteiger partial charge on any atom is -0.381 e. The molecular formula is C11H7F2N3O. The minimum atomic E-state index is -0.721. The number of nitrogens with two attached hydrogens (primary N) is 1. The predicted molar refractivity (Wildman–Crippen MR) is 58.1 cm³/mol. The minimum absolute atomic E-state index is 0.0333. The number of H-pyrrole nitrogens is 1. The number of benzene rings is 1. The van der Waals surface area contributed by atoms with Crippen LogP contribution in [0.3, 0.4) is 0 Å². The van der Waals surface area contributed by atoms with Crippen molar-refractivity contribution in [1.82, 2.24) is 10.1 Å². The molecule has 0 aliphatic carbocycles. The molecule has 0 fully saturated rings. The third-order valence-corrected chi connectivity index (χ3v) is 2.51. The van der Waals surface area contributed by atoms with Crippen LogP contribution < -0.4 is 5.73 Å². The van der Waals surface area contributed by atoms with Crippen LogP contribution in [0, 0.1) is 11.6 Å². The normalized spacial score (nSPS) is 11.2. The van der Waals surface area contributed by atoms with Crippen molar-refractivity contribution < 1.29 is 13.3 Å². The molecule has 0 radical (unpaired) electrons. The second-order valence-electron chi connectivity index (χ2n) is 3.61. The average molecular weight is 235 g/mol. The van der Waals surface area contributed by atoms with Crippen LogP contribution in [-0.4, -0.2) is 10.1 Å². The van der Waals surface area contributed by atoms with Gasteiger partial charge in [0, 0.05) is 17.6 Å². The Balaban J connectivity index is 2.35. The second-order valence-corrected chi connectivity index (χ2v) is 3.61. The fourth-order valence-corrected chi connectivity index (χ4v) is 1.76. The van der Waals surface area contributed by atoms with E-state index in [1.807, 2.05) is 0 Å². The highest BCUT2D eigenvalue weighted by molar-refractivity contribution is 5.85. The van der Waals surface area contributed by atoms with E-state index in [-0.39, 0.29) is 22.7 Å². The average Bonchev–Trinajstić information content (AvgIpc) is 2.87. The van der Waals surface area contributed by atoms with Crippen LogP contribution in [0.5, 0.6) is 0 Å². The van der Waals surface area contributed by atoms with Gasteiger partial charge in [0.25, 0.3) is 0 Å². The van der Waals surface area contributed by atoms with Crippen molar-refractivity contribution in [2.24, 2.45) is 0 Å². The number of hydrogen-bond donors (Lipinski definition) is 2. The van der Waals surface area contributed by atoms with Crippen molar-refractivity contribution in [2.75, 3.05) is 5.73 Å². The van der Waals surface area contributed by atoms with Gasteiger partial charge >= 0.3 is 0 Å². The predicted octanol–water partition coefficient (Wildman–Crippen LogP) is 2.68. The van der Waals surface area contributed by atoms with E-state index in [9.17, 15) is 8.78 Å². The summed E-state index contributed by atoms with van der Waals surface area (Å²) in [4.78, 5) is 2.70. The van der Waals surface area contributed by atoms with E-state index in [1.165, 1.54) is 18.3 Å². The third kappa shape index (κ3) is 1.37. The summed E-state index contributed by atoms with van der Waals surface area (Å²) in [5.74, 6) is -1.40. The van der Waals surface area contributed by atoms with Crippen molar-refractivity contribution in [3.63, 3.8) is 0 Å². The van der Waals surface area contributed by atoms with Crippen LogP contribution in [0.2, 0.25) is 0 Å². The number of fused-ring (bicyclic) bond motifs is 1. The van der Waals surface area contributed by atoms with Crippen molar-refractivity contribution in [3.8, 4) is 11.3 Å². The topological polar surface area (TPSA) is 67.8 Å². The van der Waals surface area contributed by atoms with Crippen LogP contribution in [0.1, 0.15) is 0 Å². The molecule has 2 heterocycles. The summed E-state index contributed by atoms with van der Waals surface area (Å²) in [5.41, 5.74) is 5.30. The molecule has 4 nitrogen and oxygen atoms in total. The smallest absolute Gasteiger partial charge is 0.175 e. The highest BCUT2D eigenvalue weighted by atomic mass is 19.1. The molecule has 3 aromatic rings. The Morgan fingerprint density at radius 3 is 2.82 bits per heavy atom. The summed E-state index contributed by atoms with van der Waals surface area (Å²) in [5, 5.41) is 3.86. The summed E-state index contributed by atoms with van der Waals surface area (Å²) in [6, 6.07) is 4.08. The lowest BCUT2D eigenvalue weighted by Crippen LogP contribution is -1.90. The first-order valence-corrected chi connectivity index (χ1v) is 4.84. The van der Waals surface area contributed by atoms with E-state index in [4.69, 9.17) is 10.3 Å². The number of rotatable bonds is 1. The van der Waals surface area contributed by atoms with Crippen LogP contribution in [-0.2, 0) is 0 Å². The molecule has 0 spiro atoms. The number of aromatic nitrogens is 2. The highest BCUT2D eigenvalue weighted by Crippen LogP contribution is 2.31. The number of nitrogen functional groups attached to an aromatic ring is 1. The van der Waals surface area contributed by atoms with Gasteiger partial charge < -0.3 is 15.2 Å². The van der Waals surface area contributed by atoms with E-state index in [2.05, 4.69) is 10.1 Å². The van der Waals surface area contributed by atoms with E-state index < -0.39 is 11.6 Å². The molecule has 2 aromatic heterocycles. The lowest BCUT2D eigenvalue weighted by atomic mass is 10.1. The maximum absolute atomic E-state index is 14.1. The maximum Gasteiger partial charge on any atom is 0.175 e. The first-order chi connectivity index (χ1) is 8.16. The summed E-state index contributed by atoms with van der Waals surface area (Å²) in [6.45, 7) is 0. The quantitative estimate of drug-likeness (QED) is 0.681. The Labute approximate surface area is 94.0 Å². The molecule has 86 valence electrons. The zero-order chi connectivity index (χ0) is 12.0. The van der Waals surface area contributed by atoms with E-state index in [0.29, 0.717) is 5.39 Å². The molecule has 17 heavy (non-hydrogen) atoms. The van der Waals surface area contributed by atoms with Gasteiger partial charge in [-0.15, -0.1) is 0 Å². The Morgan fingerprint density at radius 2 is 2.12 bits per heavy atom. The van der Waals surface area contributed by atoms with Crippen LogP contribution in [0.25, 0.3) is 22.2 Å². The number of aromatic amines is 1. The molecular weight excluding hydrogens is 228 g/mol. The maximum atomic E-state index is 14.1.